The fraction of sp³-hybridized carbons (Fsp3) is 1.00. The Balaban J connectivity index is 1.34. The van der Waals surface area contributed by atoms with E-state index in [0.29, 0.717) is 12.2 Å². The summed E-state index contributed by atoms with van der Waals surface area (Å²) in [5.41, 5.74) is 0.255. The maximum absolute atomic E-state index is 6.41. The van der Waals surface area contributed by atoms with Crippen LogP contribution in [0.3, 0.4) is 0 Å². The number of morpholine rings is 1. The zero-order valence-corrected chi connectivity index (χ0v) is 13.6. The number of likely N-dealkylation sites (N-methyl/N-ethyl adjacent to an activating group) is 1. The minimum Gasteiger partial charge on any atom is -0.374 e. The smallest absolute Gasteiger partial charge is 0.0826 e. The van der Waals surface area contributed by atoms with Crippen LogP contribution >= 0.6 is 0 Å². The Bertz CT molecular complexity index is 318. The van der Waals surface area contributed by atoms with E-state index < -0.39 is 0 Å². The van der Waals surface area contributed by atoms with Gasteiger partial charge in [0, 0.05) is 26.2 Å². The molecule has 3 aliphatic rings. The van der Waals surface area contributed by atoms with Gasteiger partial charge in [-0.1, -0.05) is 26.2 Å². The van der Waals surface area contributed by atoms with E-state index in [1.54, 1.807) is 0 Å². The van der Waals surface area contributed by atoms with Crippen molar-refractivity contribution in [2.75, 3.05) is 39.3 Å². The van der Waals surface area contributed by atoms with Gasteiger partial charge in [0.1, 0.15) is 0 Å². The lowest BCUT2D eigenvalue weighted by Crippen LogP contribution is -2.47. The molecular weight excluding hydrogens is 264 g/mol. The van der Waals surface area contributed by atoms with Crippen LogP contribution in [-0.2, 0) is 9.47 Å². The van der Waals surface area contributed by atoms with E-state index in [9.17, 15) is 0 Å². The molecule has 1 saturated carbocycles. The summed E-state index contributed by atoms with van der Waals surface area (Å²) in [4.78, 5) is 2.47. The molecule has 1 aliphatic carbocycles. The molecule has 4 heteroatoms. The molecule has 2 saturated heterocycles. The van der Waals surface area contributed by atoms with E-state index in [0.717, 1.165) is 39.3 Å². The molecule has 21 heavy (non-hydrogen) atoms. The molecule has 2 unspecified atom stereocenters. The van der Waals surface area contributed by atoms with Crippen molar-refractivity contribution in [1.29, 1.82) is 0 Å². The van der Waals surface area contributed by atoms with Gasteiger partial charge in [-0.25, -0.2) is 0 Å². The molecule has 3 fully saturated rings. The van der Waals surface area contributed by atoms with Crippen molar-refractivity contribution in [2.45, 2.75) is 69.7 Å². The second kappa shape index (κ2) is 7.40. The maximum atomic E-state index is 6.41. The minimum atomic E-state index is 0.255. The zero-order chi connectivity index (χ0) is 14.5. The molecule has 4 nitrogen and oxygen atoms in total. The summed E-state index contributed by atoms with van der Waals surface area (Å²) in [5, 5.41) is 3.59. The second-order valence-electron chi connectivity index (χ2n) is 7.07. The highest BCUT2D eigenvalue weighted by atomic mass is 16.5. The number of nitrogens with zero attached hydrogens (tertiary/aromatic N) is 1. The van der Waals surface area contributed by atoms with Crippen LogP contribution in [0.1, 0.15) is 51.9 Å². The first-order valence-electron chi connectivity index (χ1n) is 9.02. The normalized spacial score (nSPS) is 33.6. The largest absolute Gasteiger partial charge is 0.374 e. The molecule has 0 aromatic rings. The van der Waals surface area contributed by atoms with E-state index >= 15 is 0 Å². The summed E-state index contributed by atoms with van der Waals surface area (Å²) < 4.78 is 12.2. The van der Waals surface area contributed by atoms with Gasteiger partial charge in [-0.3, -0.25) is 4.90 Å². The summed E-state index contributed by atoms with van der Waals surface area (Å²) in [6, 6.07) is 0. The van der Waals surface area contributed by atoms with Gasteiger partial charge in [0.15, 0.2) is 0 Å². The number of rotatable bonds is 5. The number of ether oxygens (including phenoxy) is 2. The number of nitrogens with one attached hydrogen (secondary N) is 1. The van der Waals surface area contributed by atoms with Crippen LogP contribution in [-0.4, -0.2) is 62.0 Å². The summed E-state index contributed by atoms with van der Waals surface area (Å²) >= 11 is 0. The molecule has 0 bridgehead atoms. The Labute approximate surface area is 129 Å². The second-order valence-corrected chi connectivity index (χ2v) is 7.07. The molecule has 0 radical (unpaired) electrons. The van der Waals surface area contributed by atoms with Gasteiger partial charge in [-0.05, 0) is 32.2 Å². The minimum absolute atomic E-state index is 0.255. The molecule has 2 aliphatic heterocycles. The van der Waals surface area contributed by atoms with E-state index in [-0.39, 0.29) is 5.60 Å². The lowest BCUT2D eigenvalue weighted by atomic mass is 9.83. The SMILES string of the molecule is CCN1CCOC(CNCC2CCC3(CCCCC3)O2)C1. The maximum Gasteiger partial charge on any atom is 0.0826 e. The van der Waals surface area contributed by atoms with Gasteiger partial charge in [0.25, 0.3) is 0 Å². The third kappa shape index (κ3) is 4.19. The van der Waals surface area contributed by atoms with Crippen molar-refractivity contribution in [3.63, 3.8) is 0 Å². The quantitative estimate of drug-likeness (QED) is 0.843. The highest BCUT2D eigenvalue weighted by Gasteiger charge is 2.40. The van der Waals surface area contributed by atoms with Gasteiger partial charge in [0.2, 0.25) is 0 Å². The first-order chi connectivity index (χ1) is 10.3. The highest BCUT2D eigenvalue weighted by molar-refractivity contribution is 4.91. The monoisotopic (exact) mass is 296 g/mol. The Morgan fingerprint density at radius 1 is 1.10 bits per heavy atom. The molecule has 122 valence electrons. The van der Waals surface area contributed by atoms with Crippen molar-refractivity contribution in [3.05, 3.63) is 0 Å². The summed E-state index contributed by atoms with van der Waals surface area (Å²) in [6.07, 6.45) is 10.0. The third-order valence-electron chi connectivity index (χ3n) is 5.52. The molecule has 2 heterocycles. The van der Waals surface area contributed by atoms with Crippen LogP contribution in [0.2, 0.25) is 0 Å². The van der Waals surface area contributed by atoms with Crippen LogP contribution in [0.5, 0.6) is 0 Å². The predicted molar refractivity (Wildman–Crippen MR) is 84.6 cm³/mol. The Kier molecular flexibility index (Phi) is 5.54. The lowest BCUT2D eigenvalue weighted by molar-refractivity contribution is -0.0647. The van der Waals surface area contributed by atoms with Crippen LogP contribution in [0.4, 0.5) is 0 Å². The van der Waals surface area contributed by atoms with Crippen LogP contribution in [0.25, 0.3) is 0 Å². The van der Waals surface area contributed by atoms with Crippen molar-refractivity contribution in [1.82, 2.24) is 10.2 Å². The molecule has 2 atom stereocenters. The van der Waals surface area contributed by atoms with Gasteiger partial charge in [-0.15, -0.1) is 0 Å². The Morgan fingerprint density at radius 2 is 1.90 bits per heavy atom. The van der Waals surface area contributed by atoms with Gasteiger partial charge >= 0.3 is 0 Å². The Hall–Kier alpha value is -0.160. The molecular formula is C17H32N2O2. The molecule has 0 aromatic carbocycles. The standard InChI is InChI=1S/C17H32N2O2/c1-2-19-10-11-20-16(14-19)13-18-12-15-6-9-17(21-15)7-4-3-5-8-17/h15-16,18H,2-14H2,1H3. The van der Waals surface area contributed by atoms with E-state index in [2.05, 4.69) is 17.1 Å². The average Bonchev–Trinajstić information content (AvgIpc) is 2.91. The molecule has 1 N–H and O–H groups in total. The van der Waals surface area contributed by atoms with Crippen molar-refractivity contribution < 1.29 is 9.47 Å². The lowest BCUT2D eigenvalue weighted by Gasteiger charge is -2.34. The molecule has 0 amide bonds. The fourth-order valence-electron chi connectivity index (χ4n) is 4.20. The van der Waals surface area contributed by atoms with Crippen LogP contribution < -0.4 is 5.32 Å². The first kappa shape index (κ1) is 15.7. The average molecular weight is 296 g/mol. The van der Waals surface area contributed by atoms with E-state index in [4.69, 9.17) is 9.47 Å². The van der Waals surface area contributed by atoms with Gasteiger partial charge in [0.05, 0.1) is 24.4 Å². The van der Waals surface area contributed by atoms with Crippen molar-refractivity contribution >= 4 is 0 Å². The highest BCUT2D eigenvalue weighted by Crippen LogP contribution is 2.41. The van der Waals surface area contributed by atoms with Crippen LogP contribution in [0, 0.1) is 0 Å². The fourth-order valence-corrected chi connectivity index (χ4v) is 4.20. The van der Waals surface area contributed by atoms with Crippen LogP contribution in [0.15, 0.2) is 0 Å². The first-order valence-corrected chi connectivity index (χ1v) is 9.02. The molecule has 0 aromatic heterocycles. The van der Waals surface area contributed by atoms with E-state index in [1.807, 2.05) is 0 Å². The summed E-state index contributed by atoms with van der Waals surface area (Å²) in [7, 11) is 0. The predicted octanol–water partition coefficient (Wildman–Crippen LogP) is 2.18. The molecule has 3 rings (SSSR count). The van der Waals surface area contributed by atoms with Crippen molar-refractivity contribution in [2.24, 2.45) is 0 Å². The third-order valence-corrected chi connectivity index (χ3v) is 5.52. The van der Waals surface area contributed by atoms with E-state index in [1.165, 1.54) is 44.9 Å². The Morgan fingerprint density at radius 3 is 2.71 bits per heavy atom. The topological polar surface area (TPSA) is 33.7 Å². The summed E-state index contributed by atoms with van der Waals surface area (Å²) in [5.74, 6) is 0. The number of hydrogen-bond acceptors (Lipinski definition) is 4. The zero-order valence-electron chi connectivity index (χ0n) is 13.6. The van der Waals surface area contributed by atoms with Gasteiger partial charge < -0.3 is 14.8 Å². The number of hydrogen-bond donors (Lipinski definition) is 1. The van der Waals surface area contributed by atoms with Gasteiger partial charge in [-0.2, -0.15) is 0 Å². The molecule has 1 spiro atoms. The van der Waals surface area contributed by atoms with Crippen molar-refractivity contribution in [3.8, 4) is 0 Å². The summed E-state index contributed by atoms with van der Waals surface area (Å²) in [6.45, 7) is 8.35.